The molecular formula is C7H6BrClN4. The van der Waals surface area contributed by atoms with Gasteiger partial charge in [0.15, 0.2) is 15.5 Å². The first kappa shape index (κ1) is 8.90. The fraction of sp³-hybridized carbons (Fsp3) is 0.286. The van der Waals surface area contributed by atoms with E-state index < -0.39 is 0 Å². The number of rotatable bonds is 1. The fourth-order valence-corrected chi connectivity index (χ4v) is 1.93. The van der Waals surface area contributed by atoms with E-state index >= 15 is 0 Å². The van der Waals surface area contributed by atoms with Crippen molar-refractivity contribution in [1.29, 1.82) is 0 Å². The summed E-state index contributed by atoms with van der Waals surface area (Å²) in [5.41, 5.74) is 1.40. The lowest BCUT2D eigenvalue weighted by molar-refractivity contribution is 0.756. The predicted octanol–water partition coefficient (Wildman–Crippen LogP) is 2.26. The van der Waals surface area contributed by atoms with Gasteiger partial charge in [0.1, 0.15) is 11.8 Å². The maximum atomic E-state index is 5.85. The Morgan fingerprint density at radius 2 is 2.31 bits per heavy atom. The number of halogens is 2. The highest BCUT2D eigenvalue weighted by molar-refractivity contribution is 9.10. The molecule has 0 spiro atoms. The monoisotopic (exact) mass is 260 g/mol. The number of imidazole rings is 1. The number of hydrogen-bond donors (Lipinski definition) is 0. The van der Waals surface area contributed by atoms with Crippen LogP contribution in [-0.4, -0.2) is 19.5 Å². The molecule has 68 valence electrons. The van der Waals surface area contributed by atoms with Gasteiger partial charge in [0.25, 0.3) is 0 Å². The lowest BCUT2D eigenvalue weighted by Crippen LogP contribution is -1.95. The van der Waals surface area contributed by atoms with Crippen molar-refractivity contribution in [2.75, 3.05) is 0 Å². The van der Waals surface area contributed by atoms with Crippen molar-refractivity contribution >= 4 is 38.7 Å². The van der Waals surface area contributed by atoms with Gasteiger partial charge in [-0.1, -0.05) is 11.6 Å². The molecule has 2 rings (SSSR count). The summed E-state index contributed by atoms with van der Waals surface area (Å²) in [6.45, 7) is 2.81. The second-order valence-electron chi connectivity index (χ2n) is 2.46. The van der Waals surface area contributed by atoms with Crippen molar-refractivity contribution in [2.24, 2.45) is 0 Å². The van der Waals surface area contributed by atoms with Crippen molar-refractivity contribution in [2.45, 2.75) is 13.5 Å². The lowest BCUT2D eigenvalue weighted by atomic mass is 10.5. The first-order chi connectivity index (χ1) is 6.24. The molecule has 0 saturated heterocycles. The molecule has 0 atom stereocenters. The second-order valence-corrected chi connectivity index (χ2v) is 3.53. The Morgan fingerprint density at radius 3 is 3.00 bits per heavy atom. The van der Waals surface area contributed by atoms with E-state index in [0.29, 0.717) is 10.7 Å². The third-order valence-electron chi connectivity index (χ3n) is 1.76. The number of fused-ring (bicyclic) bond motifs is 1. The topological polar surface area (TPSA) is 43.6 Å². The Bertz CT molecular complexity index is 453. The Labute approximate surface area is 88.1 Å². The number of hydrogen-bond acceptors (Lipinski definition) is 3. The standard InChI is InChI=1S/C7H6BrClN4/c1-2-13-6-4(12-7(13)8)5(9)10-3-11-6/h3H,2H2,1H3. The van der Waals surface area contributed by atoms with Crippen LogP contribution in [0.5, 0.6) is 0 Å². The van der Waals surface area contributed by atoms with Gasteiger partial charge in [-0.05, 0) is 22.9 Å². The van der Waals surface area contributed by atoms with Crippen LogP contribution < -0.4 is 0 Å². The zero-order valence-electron chi connectivity index (χ0n) is 6.83. The number of nitrogens with zero attached hydrogens (tertiary/aromatic N) is 4. The summed E-state index contributed by atoms with van der Waals surface area (Å²) in [6, 6.07) is 0. The quantitative estimate of drug-likeness (QED) is 0.584. The molecule has 0 aliphatic carbocycles. The summed E-state index contributed by atoms with van der Waals surface area (Å²) in [7, 11) is 0. The van der Waals surface area contributed by atoms with Gasteiger partial charge in [-0.3, -0.25) is 0 Å². The van der Waals surface area contributed by atoms with E-state index in [1.807, 2.05) is 11.5 Å². The van der Waals surface area contributed by atoms with E-state index in [4.69, 9.17) is 11.6 Å². The van der Waals surface area contributed by atoms with Crippen LogP contribution in [0.3, 0.4) is 0 Å². The first-order valence-corrected chi connectivity index (χ1v) is 4.93. The third kappa shape index (κ3) is 1.32. The van der Waals surface area contributed by atoms with Crippen molar-refractivity contribution in [3.63, 3.8) is 0 Å². The molecule has 0 saturated carbocycles. The number of aromatic nitrogens is 4. The zero-order chi connectivity index (χ0) is 9.42. The average molecular weight is 262 g/mol. The highest BCUT2D eigenvalue weighted by atomic mass is 79.9. The van der Waals surface area contributed by atoms with Crippen LogP contribution in [0.1, 0.15) is 6.92 Å². The second kappa shape index (κ2) is 3.23. The summed E-state index contributed by atoms with van der Waals surface area (Å²) in [4.78, 5) is 12.2. The van der Waals surface area contributed by atoms with Crippen LogP contribution in [0.15, 0.2) is 11.1 Å². The Hall–Kier alpha value is -0.680. The van der Waals surface area contributed by atoms with E-state index in [-0.39, 0.29) is 0 Å². The van der Waals surface area contributed by atoms with Crippen molar-refractivity contribution in [1.82, 2.24) is 19.5 Å². The van der Waals surface area contributed by atoms with Gasteiger partial charge < -0.3 is 4.57 Å². The van der Waals surface area contributed by atoms with Gasteiger partial charge in [0, 0.05) is 6.54 Å². The van der Waals surface area contributed by atoms with Crippen LogP contribution >= 0.6 is 27.5 Å². The lowest BCUT2D eigenvalue weighted by Gasteiger charge is -1.98. The van der Waals surface area contributed by atoms with Crippen LogP contribution in [0.25, 0.3) is 11.2 Å². The average Bonchev–Trinajstić information content (AvgIpc) is 2.43. The maximum absolute atomic E-state index is 5.85. The molecule has 0 aliphatic heterocycles. The summed E-state index contributed by atoms with van der Waals surface area (Å²) in [5.74, 6) is 0. The molecule has 0 N–H and O–H groups in total. The maximum Gasteiger partial charge on any atom is 0.179 e. The largest absolute Gasteiger partial charge is 0.303 e. The zero-order valence-corrected chi connectivity index (χ0v) is 9.17. The van der Waals surface area contributed by atoms with Gasteiger partial charge in [0.05, 0.1) is 0 Å². The minimum absolute atomic E-state index is 0.387. The van der Waals surface area contributed by atoms with Gasteiger partial charge in [-0.25, -0.2) is 15.0 Å². The van der Waals surface area contributed by atoms with E-state index in [2.05, 4.69) is 30.9 Å². The Balaban J connectivity index is 2.86. The highest BCUT2D eigenvalue weighted by Gasteiger charge is 2.11. The normalized spacial score (nSPS) is 11.0. The van der Waals surface area contributed by atoms with Crippen LogP contribution in [-0.2, 0) is 6.54 Å². The van der Waals surface area contributed by atoms with E-state index in [1.165, 1.54) is 6.33 Å². The van der Waals surface area contributed by atoms with Crippen molar-refractivity contribution in [3.8, 4) is 0 Å². The summed E-state index contributed by atoms with van der Waals surface area (Å²) in [6.07, 6.45) is 1.44. The Morgan fingerprint density at radius 1 is 1.54 bits per heavy atom. The minimum atomic E-state index is 0.387. The molecule has 2 aromatic heterocycles. The molecular weight excluding hydrogens is 255 g/mol. The van der Waals surface area contributed by atoms with E-state index in [1.54, 1.807) is 0 Å². The number of aryl methyl sites for hydroxylation is 1. The molecule has 0 aromatic carbocycles. The van der Waals surface area contributed by atoms with Crippen LogP contribution in [0.4, 0.5) is 0 Å². The summed E-state index contributed by atoms with van der Waals surface area (Å²) < 4.78 is 2.65. The highest BCUT2D eigenvalue weighted by Crippen LogP contribution is 2.22. The Kier molecular flexibility index (Phi) is 2.21. The minimum Gasteiger partial charge on any atom is -0.303 e. The van der Waals surface area contributed by atoms with Gasteiger partial charge in [-0.15, -0.1) is 0 Å². The smallest absolute Gasteiger partial charge is 0.179 e. The molecule has 0 radical (unpaired) electrons. The molecule has 2 heterocycles. The van der Waals surface area contributed by atoms with E-state index in [0.717, 1.165) is 16.9 Å². The third-order valence-corrected chi connectivity index (χ3v) is 2.64. The van der Waals surface area contributed by atoms with Crippen LogP contribution in [0, 0.1) is 0 Å². The predicted molar refractivity (Wildman–Crippen MR) is 53.7 cm³/mol. The molecule has 0 unspecified atom stereocenters. The first-order valence-electron chi connectivity index (χ1n) is 3.76. The summed E-state index contributed by atoms with van der Waals surface area (Å²) in [5, 5.41) is 0.387. The van der Waals surface area contributed by atoms with Gasteiger partial charge in [-0.2, -0.15) is 0 Å². The fourth-order valence-electron chi connectivity index (χ4n) is 1.16. The molecule has 4 nitrogen and oxygen atoms in total. The molecule has 0 bridgehead atoms. The molecule has 2 aromatic rings. The SMILES string of the molecule is CCn1c(Br)nc2c(Cl)ncnc21. The molecule has 0 fully saturated rings. The molecule has 0 aliphatic rings. The molecule has 6 heteroatoms. The molecule has 0 amide bonds. The summed E-state index contributed by atoms with van der Waals surface area (Å²) >= 11 is 9.18. The van der Waals surface area contributed by atoms with Gasteiger partial charge in [0.2, 0.25) is 0 Å². The van der Waals surface area contributed by atoms with Crippen molar-refractivity contribution < 1.29 is 0 Å². The van der Waals surface area contributed by atoms with Gasteiger partial charge >= 0.3 is 0 Å². The van der Waals surface area contributed by atoms with Crippen LogP contribution in [0.2, 0.25) is 5.15 Å². The van der Waals surface area contributed by atoms with E-state index in [9.17, 15) is 0 Å². The van der Waals surface area contributed by atoms with Crippen molar-refractivity contribution in [3.05, 3.63) is 16.2 Å². The molecule has 13 heavy (non-hydrogen) atoms.